The number of aryl methyl sites for hydroxylation is 1. The Morgan fingerprint density at radius 1 is 0.848 bits per heavy atom. The molecule has 3 heterocycles. The maximum atomic E-state index is 13.7. The van der Waals surface area contributed by atoms with Crippen LogP contribution < -0.4 is 4.90 Å². The third-order valence-electron chi connectivity index (χ3n) is 6.42. The van der Waals surface area contributed by atoms with Gasteiger partial charge >= 0.3 is 0 Å². The number of carbonyl (C=O) groups excluding carboxylic acids is 1. The van der Waals surface area contributed by atoms with Crippen LogP contribution in [-0.2, 0) is 6.54 Å². The second-order valence-corrected chi connectivity index (χ2v) is 8.52. The van der Waals surface area contributed by atoms with Crippen LogP contribution in [0, 0.1) is 6.92 Å². The van der Waals surface area contributed by atoms with Gasteiger partial charge < -0.3 is 14.4 Å². The van der Waals surface area contributed by atoms with Gasteiger partial charge in [0.15, 0.2) is 0 Å². The molecule has 5 heteroatoms. The molecule has 0 bridgehead atoms. The van der Waals surface area contributed by atoms with Crippen molar-refractivity contribution in [2.24, 2.45) is 0 Å². The maximum Gasteiger partial charge on any atom is 0.270 e. The topological polar surface area (TPSA) is 41.4 Å². The molecule has 166 valence electrons. The fourth-order valence-electron chi connectivity index (χ4n) is 4.46. The summed E-state index contributed by atoms with van der Waals surface area (Å²) in [5.74, 6) is 0.0941. The van der Waals surface area contributed by atoms with Crippen LogP contribution in [0.4, 0.5) is 5.69 Å². The first-order valence-corrected chi connectivity index (χ1v) is 11.4. The molecule has 2 aromatic carbocycles. The number of pyridine rings is 1. The van der Waals surface area contributed by atoms with E-state index in [0.29, 0.717) is 19.6 Å². The molecule has 5 nitrogen and oxygen atoms in total. The Balaban J connectivity index is 1.41. The summed E-state index contributed by atoms with van der Waals surface area (Å²) >= 11 is 0. The van der Waals surface area contributed by atoms with E-state index in [4.69, 9.17) is 0 Å². The summed E-state index contributed by atoms with van der Waals surface area (Å²) in [7, 11) is 0. The van der Waals surface area contributed by atoms with Crippen molar-refractivity contribution in [2.75, 3.05) is 31.1 Å². The Morgan fingerprint density at radius 3 is 2.27 bits per heavy atom. The average Bonchev–Trinajstić information content (AvgIpc) is 3.30. The van der Waals surface area contributed by atoms with E-state index < -0.39 is 0 Å². The predicted octanol–water partition coefficient (Wildman–Crippen LogP) is 4.87. The zero-order chi connectivity index (χ0) is 22.6. The monoisotopic (exact) mass is 436 g/mol. The fourth-order valence-corrected chi connectivity index (χ4v) is 4.46. The number of amides is 1. The first-order valence-electron chi connectivity index (χ1n) is 11.4. The second-order valence-electron chi connectivity index (χ2n) is 8.52. The Kier molecular flexibility index (Phi) is 5.94. The zero-order valence-electron chi connectivity index (χ0n) is 18.9. The Morgan fingerprint density at radius 2 is 1.55 bits per heavy atom. The molecule has 0 unspecified atom stereocenters. The van der Waals surface area contributed by atoms with Crippen LogP contribution in [0.5, 0.6) is 0 Å². The number of para-hydroxylation sites is 1. The van der Waals surface area contributed by atoms with E-state index in [0.717, 1.165) is 29.9 Å². The van der Waals surface area contributed by atoms with Gasteiger partial charge in [-0.2, -0.15) is 0 Å². The SMILES string of the molecule is Cc1ccccc1Cn1cc(-c2ccncc2)cc1C(=O)N1CCN(c2ccccc2)CC1. The van der Waals surface area contributed by atoms with E-state index >= 15 is 0 Å². The average molecular weight is 437 g/mol. The van der Waals surface area contributed by atoms with Crippen LogP contribution in [-0.4, -0.2) is 46.5 Å². The van der Waals surface area contributed by atoms with Gasteiger partial charge in [-0.05, 0) is 53.9 Å². The van der Waals surface area contributed by atoms with Gasteiger partial charge in [0.2, 0.25) is 0 Å². The van der Waals surface area contributed by atoms with Crippen molar-refractivity contribution in [3.63, 3.8) is 0 Å². The molecule has 0 saturated carbocycles. The normalized spacial score (nSPS) is 13.8. The first-order chi connectivity index (χ1) is 16.2. The van der Waals surface area contributed by atoms with Crippen molar-refractivity contribution in [2.45, 2.75) is 13.5 Å². The number of anilines is 1. The number of hydrogen-bond acceptors (Lipinski definition) is 3. The van der Waals surface area contributed by atoms with Gasteiger partial charge in [-0.3, -0.25) is 9.78 Å². The van der Waals surface area contributed by atoms with Gasteiger partial charge in [-0.15, -0.1) is 0 Å². The first kappa shape index (κ1) is 21.0. The molecule has 0 N–H and O–H groups in total. The molecule has 1 saturated heterocycles. The van der Waals surface area contributed by atoms with Crippen molar-refractivity contribution >= 4 is 11.6 Å². The van der Waals surface area contributed by atoms with Crippen molar-refractivity contribution in [3.05, 3.63) is 108 Å². The highest BCUT2D eigenvalue weighted by atomic mass is 16.2. The molecule has 2 aromatic heterocycles. The molecule has 0 spiro atoms. The quantitative estimate of drug-likeness (QED) is 0.448. The largest absolute Gasteiger partial charge is 0.368 e. The molecule has 33 heavy (non-hydrogen) atoms. The maximum absolute atomic E-state index is 13.7. The Labute approximate surface area is 194 Å². The van der Waals surface area contributed by atoms with Gasteiger partial charge in [0.1, 0.15) is 5.69 Å². The minimum absolute atomic E-state index is 0.0941. The highest BCUT2D eigenvalue weighted by Gasteiger charge is 2.25. The highest BCUT2D eigenvalue weighted by molar-refractivity contribution is 5.94. The summed E-state index contributed by atoms with van der Waals surface area (Å²) in [6.45, 7) is 5.90. The predicted molar refractivity (Wildman–Crippen MR) is 133 cm³/mol. The molecule has 1 fully saturated rings. The van der Waals surface area contributed by atoms with E-state index in [1.807, 2.05) is 29.2 Å². The molecule has 0 radical (unpaired) electrons. The standard InChI is InChI=1S/C28H28N4O/c1-22-7-5-6-8-24(22)20-32-21-25(23-11-13-29-14-12-23)19-27(32)28(33)31-17-15-30(16-18-31)26-9-3-2-4-10-26/h2-14,19,21H,15-18,20H2,1H3. The molecule has 1 amide bonds. The number of carbonyl (C=O) groups is 1. The van der Waals surface area contributed by atoms with E-state index in [1.54, 1.807) is 12.4 Å². The van der Waals surface area contributed by atoms with Gasteiger partial charge in [0.25, 0.3) is 5.91 Å². The van der Waals surface area contributed by atoms with Crippen molar-refractivity contribution in [1.29, 1.82) is 0 Å². The third-order valence-corrected chi connectivity index (χ3v) is 6.42. The Hall–Kier alpha value is -3.86. The smallest absolute Gasteiger partial charge is 0.270 e. The summed E-state index contributed by atoms with van der Waals surface area (Å²) in [5.41, 5.74) is 6.50. The number of rotatable bonds is 5. The minimum atomic E-state index is 0.0941. The lowest BCUT2D eigenvalue weighted by molar-refractivity contribution is 0.0736. The van der Waals surface area contributed by atoms with E-state index in [-0.39, 0.29) is 5.91 Å². The third kappa shape index (κ3) is 4.53. The van der Waals surface area contributed by atoms with E-state index in [1.165, 1.54) is 16.8 Å². The lowest BCUT2D eigenvalue weighted by atomic mass is 10.1. The van der Waals surface area contributed by atoms with Gasteiger partial charge in [0, 0.05) is 62.6 Å². The summed E-state index contributed by atoms with van der Waals surface area (Å²) < 4.78 is 2.10. The van der Waals surface area contributed by atoms with Gasteiger partial charge in [-0.25, -0.2) is 0 Å². The molecule has 5 rings (SSSR count). The lowest BCUT2D eigenvalue weighted by Crippen LogP contribution is -2.49. The fraction of sp³-hybridized carbons (Fsp3) is 0.214. The van der Waals surface area contributed by atoms with Crippen molar-refractivity contribution in [3.8, 4) is 11.1 Å². The molecular weight excluding hydrogens is 408 g/mol. The van der Waals surface area contributed by atoms with Gasteiger partial charge in [-0.1, -0.05) is 42.5 Å². The van der Waals surface area contributed by atoms with Crippen molar-refractivity contribution in [1.82, 2.24) is 14.5 Å². The van der Waals surface area contributed by atoms with E-state index in [9.17, 15) is 4.79 Å². The van der Waals surface area contributed by atoms with Crippen LogP contribution in [0.25, 0.3) is 11.1 Å². The second kappa shape index (κ2) is 9.33. The molecule has 1 aliphatic rings. The van der Waals surface area contributed by atoms with Crippen LogP contribution in [0.3, 0.4) is 0 Å². The van der Waals surface area contributed by atoms with Crippen LogP contribution in [0.2, 0.25) is 0 Å². The molecule has 0 atom stereocenters. The van der Waals surface area contributed by atoms with E-state index in [2.05, 4.69) is 76.1 Å². The highest BCUT2D eigenvalue weighted by Crippen LogP contribution is 2.25. The summed E-state index contributed by atoms with van der Waals surface area (Å²) in [4.78, 5) is 22.1. The lowest BCUT2D eigenvalue weighted by Gasteiger charge is -2.36. The number of benzene rings is 2. The van der Waals surface area contributed by atoms with Crippen LogP contribution in [0.15, 0.2) is 91.4 Å². The number of nitrogens with zero attached hydrogens (tertiary/aromatic N) is 4. The zero-order valence-corrected chi connectivity index (χ0v) is 18.9. The molecule has 4 aromatic rings. The minimum Gasteiger partial charge on any atom is -0.368 e. The van der Waals surface area contributed by atoms with Crippen LogP contribution in [0.1, 0.15) is 21.6 Å². The summed E-state index contributed by atoms with van der Waals surface area (Å²) in [6.07, 6.45) is 5.67. The molecular formula is C28H28N4O. The van der Waals surface area contributed by atoms with Crippen molar-refractivity contribution < 1.29 is 4.79 Å². The molecule has 1 aliphatic heterocycles. The number of piperazine rings is 1. The van der Waals surface area contributed by atoms with Gasteiger partial charge in [0.05, 0.1) is 0 Å². The summed E-state index contributed by atoms with van der Waals surface area (Å²) in [6, 6.07) is 24.8. The number of aromatic nitrogens is 2. The molecule has 0 aliphatic carbocycles. The van der Waals surface area contributed by atoms with Crippen LogP contribution >= 0.6 is 0 Å². The number of hydrogen-bond donors (Lipinski definition) is 0. The summed E-state index contributed by atoms with van der Waals surface area (Å²) in [5, 5.41) is 0. The Bertz CT molecular complexity index is 1230.